The molecule has 1 aliphatic heterocycles. The van der Waals surface area contributed by atoms with E-state index in [1.54, 1.807) is 30.0 Å². The monoisotopic (exact) mass is 353 g/mol. The van der Waals surface area contributed by atoms with Crippen LogP contribution in [-0.2, 0) is 14.3 Å². The number of carbonyl (C=O) groups is 2. The molecular formula is C21H23NO4. The van der Waals surface area contributed by atoms with E-state index in [0.717, 1.165) is 18.5 Å². The molecule has 0 saturated carbocycles. The molecule has 0 saturated heterocycles. The lowest BCUT2D eigenvalue weighted by Gasteiger charge is -2.25. The van der Waals surface area contributed by atoms with Crippen molar-refractivity contribution in [2.45, 2.75) is 33.6 Å². The number of carbonyl (C=O) groups excluding carboxylic acids is 2. The third-order valence-corrected chi connectivity index (χ3v) is 4.81. The summed E-state index contributed by atoms with van der Waals surface area (Å²) in [5.74, 6) is 0.251. The van der Waals surface area contributed by atoms with E-state index in [4.69, 9.17) is 9.15 Å². The molecule has 0 N–H and O–H groups in total. The van der Waals surface area contributed by atoms with Gasteiger partial charge in [0.2, 0.25) is 0 Å². The Labute approximate surface area is 153 Å². The minimum Gasteiger partial charge on any atom is -0.465 e. The first kappa shape index (κ1) is 18.0. The highest BCUT2D eigenvalue weighted by Crippen LogP contribution is 2.37. The lowest BCUT2D eigenvalue weighted by atomic mass is 9.93. The molecule has 5 heteroatoms. The summed E-state index contributed by atoms with van der Waals surface area (Å²) in [4.78, 5) is 27.0. The first-order chi connectivity index (χ1) is 12.4. The zero-order valence-electron chi connectivity index (χ0n) is 15.5. The molecule has 5 nitrogen and oxygen atoms in total. The molecule has 26 heavy (non-hydrogen) atoms. The van der Waals surface area contributed by atoms with Crippen molar-refractivity contribution in [3.8, 4) is 0 Å². The summed E-state index contributed by atoms with van der Waals surface area (Å²) in [7, 11) is 1.32. The molecule has 2 heterocycles. The zero-order valence-corrected chi connectivity index (χ0v) is 15.5. The molecule has 0 atom stereocenters. The van der Waals surface area contributed by atoms with Crippen LogP contribution in [0.1, 0.15) is 39.4 Å². The lowest BCUT2D eigenvalue weighted by molar-refractivity contribution is -0.136. The summed E-state index contributed by atoms with van der Waals surface area (Å²) in [5, 5.41) is 0. The third kappa shape index (κ3) is 3.17. The Bertz CT molecular complexity index is 851. The van der Waals surface area contributed by atoms with Crippen LogP contribution in [0.25, 0.3) is 6.08 Å². The van der Waals surface area contributed by atoms with Crippen LogP contribution < -0.4 is 0 Å². The van der Waals surface area contributed by atoms with Crippen molar-refractivity contribution in [3.63, 3.8) is 0 Å². The minimum absolute atomic E-state index is 0.230. The molecule has 3 rings (SSSR count). The fourth-order valence-electron chi connectivity index (χ4n) is 3.35. The van der Waals surface area contributed by atoms with E-state index < -0.39 is 5.97 Å². The highest BCUT2D eigenvalue weighted by molar-refractivity contribution is 6.16. The standard InChI is InChI=1S/C21H23NO4/c1-13(2)15-7-9-16(10-8-15)22-14(3)19(21(24)25-4)18(20(22)23)12-17-6-5-11-26-17/h5-7,9,11-13H,8,10H2,1-4H3/b18-12-. The number of furan rings is 1. The molecule has 1 aromatic rings. The van der Waals surface area contributed by atoms with Crippen LogP contribution in [0.2, 0.25) is 0 Å². The fourth-order valence-corrected chi connectivity index (χ4v) is 3.35. The maximum atomic E-state index is 13.1. The molecule has 2 aliphatic rings. The van der Waals surface area contributed by atoms with E-state index in [1.165, 1.54) is 18.9 Å². The Morgan fingerprint density at radius 3 is 2.62 bits per heavy atom. The summed E-state index contributed by atoms with van der Waals surface area (Å²) in [5.41, 5.74) is 3.42. The van der Waals surface area contributed by atoms with Gasteiger partial charge >= 0.3 is 5.97 Å². The van der Waals surface area contributed by atoms with Crippen molar-refractivity contribution in [3.05, 3.63) is 64.4 Å². The van der Waals surface area contributed by atoms with Crippen LogP contribution in [0.5, 0.6) is 0 Å². The highest BCUT2D eigenvalue weighted by Gasteiger charge is 2.39. The molecule has 0 radical (unpaired) electrons. The molecule has 0 spiro atoms. The molecule has 1 amide bonds. The second-order valence-electron chi connectivity index (χ2n) is 6.72. The van der Waals surface area contributed by atoms with Gasteiger partial charge in [0, 0.05) is 11.4 Å². The molecule has 0 aromatic carbocycles. The van der Waals surface area contributed by atoms with Gasteiger partial charge in [0.15, 0.2) is 0 Å². The van der Waals surface area contributed by atoms with E-state index in [2.05, 4.69) is 19.9 Å². The molecule has 0 unspecified atom stereocenters. The molecule has 1 aliphatic carbocycles. The van der Waals surface area contributed by atoms with Gasteiger partial charge in [-0.3, -0.25) is 9.69 Å². The van der Waals surface area contributed by atoms with Gasteiger partial charge in [0.05, 0.1) is 24.5 Å². The predicted octanol–water partition coefficient (Wildman–Crippen LogP) is 4.21. The number of methoxy groups -OCH3 is 1. The maximum Gasteiger partial charge on any atom is 0.340 e. The van der Waals surface area contributed by atoms with Gasteiger partial charge in [-0.05, 0) is 50.0 Å². The number of hydrogen-bond acceptors (Lipinski definition) is 4. The normalized spacial score (nSPS) is 19.3. The van der Waals surface area contributed by atoms with Crippen molar-refractivity contribution in [2.75, 3.05) is 7.11 Å². The number of ether oxygens (including phenoxy) is 1. The summed E-state index contributed by atoms with van der Waals surface area (Å²) >= 11 is 0. The Kier molecular flexibility index (Phi) is 4.98. The molecule has 1 aromatic heterocycles. The van der Waals surface area contributed by atoms with E-state index in [-0.39, 0.29) is 11.5 Å². The minimum atomic E-state index is -0.522. The average molecular weight is 353 g/mol. The van der Waals surface area contributed by atoms with Crippen LogP contribution in [0.4, 0.5) is 0 Å². The summed E-state index contributed by atoms with van der Waals surface area (Å²) in [6.07, 6.45) is 8.85. The third-order valence-electron chi connectivity index (χ3n) is 4.81. The lowest BCUT2D eigenvalue weighted by Crippen LogP contribution is -2.25. The number of hydrogen-bond donors (Lipinski definition) is 0. The van der Waals surface area contributed by atoms with E-state index in [1.807, 2.05) is 6.08 Å². The highest BCUT2D eigenvalue weighted by atomic mass is 16.5. The summed E-state index contributed by atoms with van der Waals surface area (Å²) < 4.78 is 10.2. The molecule has 0 bridgehead atoms. The number of allylic oxidation sites excluding steroid dienone is 5. The summed E-state index contributed by atoms with van der Waals surface area (Å²) in [6.45, 7) is 6.10. The van der Waals surface area contributed by atoms with Gasteiger partial charge in [-0.1, -0.05) is 25.5 Å². The van der Waals surface area contributed by atoms with Gasteiger partial charge in [-0.25, -0.2) is 4.79 Å². The SMILES string of the molecule is COC(=O)C1=C(C)N(C2=CC=C(C(C)C)CC2)C(=O)/C1=C\c1ccco1. The average Bonchev–Trinajstić information content (AvgIpc) is 3.22. The molecule has 136 valence electrons. The van der Waals surface area contributed by atoms with Crippen LogP contribution in [0, 0.1) is 5.92 Å². The summed E-state index contributed by atoms with van der Waals surface area (Å²) in [6, 6.07) is 3.48. The maximum absolute atomic E-state index is 13.1. The Morgan fingerprint density at radius 1 is 1.31 bits per heavy atom. The van der Waals surface area contributed by atoms with Crippen molar-refractivity contribution < 1.29 is 18.7 Å². The van der Waals surface area contributed by atoms with E-state index in [9.17, 15) is 9.59 Å². The van der Waals surface area contributed by atoms with Gasteiger partial charge in [0.1, 0.15) is 5.76 Å². The first-order valence-electron chi connectivity index (χ1n) is 8.73. The Hall–Kier alpha value is -2.82. The van der Waals surface area contributed by atoms with E-state index >= 15 is 0 Å². The quantitative estimate of drug-likeness (QED) is 0.601. The van der Waals surface area contributed by atoms with Gasteiger partial charge in [0.25, 0.3) is 5.91 Å². The number of amides is 1. The smallest absolute Gasteiger partial charge is 0.340 e. The van der Waals surface area contributed by atoms with Crippen LogP contribution >= 0.6 is 0 Å². The molecular weight excluding hydrogens is 330 g/mol. The zero-order chi connectivity index (χ0) is 18.8. The Balaban J connectivity index is 2.04. The Morgan fingerprint density at radius 2 is 2.08 bits per heavy atom. The number of rotatable bonds is 4. The van der Waals surface area contributed by atoms with Crippen molar-refractivity contribution in [1.82, 2.24) is 4.90 Å². The largest absolute Gasteiger partial charge is 0.465 e. The van der Waals surface area contributed by atoms with E-state index in [0.29, 0.717) is 22.9 Å². The van der Waals surface area contributed by atoms with Crippen LogP contribution in [0.3, 0.4) is 0 Å². The van der Waals surface area contributed by atoms with Crippen molar-refractivity contribution >= 4 is 18.0 Å². The second-order valence-corrected chi connectivity index (χ2v) is 6.72. The fraction of sp³-hybridized carbons (Fsp3) is 0.333. The van der Waals surface area contributed by atoms with Crippen LogP contribution in [-0.4, -0.2) is 23.9 Å². The molecule has 0 fully saturated rings. The topological polar surface area (TPSA) is 59.8 Å². The van der Waals surface area contributed by atoms with Gasteiger partial charge in [-0.2, -0.15) is 0 Å². The predicted molar refractivity (Wildman–Crippen MR) is 98.5 cm³/mol. The van der Waals surface area contributed by atoms with Crippen LogP contribution in [0.15, 0.2) is 63.1 Å². The second kappa shape index (κ2) is 7.20. The number of esters is 1. The van der Waals surface area contributed by atoms with Crippen molar-refractivity contribution in [1.29, 1.82) is 0 Å². The first-order valence-corrected chi connectivity index (χ1v) is 8.73. The number of nitrogens with zero attached hydrogens (tertiary/aromatic N) is 1. The van der Waals surface area contributed by atoms with Gasteiger partial charge in [-0.15, -0.1) is 0 Å². The van der Waals surface area contributed by atoms with Gasteiger partial charge < -0.3 is 9.15 Å². The van der Waals surface area contributed by atoms with Crippen molar-refractivity contribution in [2.24, 2.45) is 5.92 Å².